The third kappa shape index (κ3) is 3.78. The molecule has 1 fully saturated rings. The van der Waals surface area contributed by atoms with E-state index in [-0.39, 0.29) is 12.1 Å². The smallest absolute Gasteiger partial charge is 0.407 e. The first kappa shape index (κ1) is 17.3. The Morgan fingerprint density at radius 3 is 2.92 bits per heavy atom. The number of nitrogen functional groups attached to an aromatic ring is 1. The monoisotopic (exact) mass is 346 g/mol. The number of alkyl carbamates (subject to hydrolysis) is 1. The maximum Gasteiger partial charge on any atom is 0.407 e. The van der Waals surface area contributed by atoms with Crippen molar-refractivity contribution in [3.63, 3.8) is 0 Å². The second-order valence-electron chi connectivity index (χ2n) is 7.38. The van der Waals surface area contributed by atoms with E-state index in [1.165, 1.54) is 0 Å². The van der Waals surface area contributed by atoms with Gasteiger partial charge in [0.25, 0.3) is 0 Å². The van der Waals surface area contributed by atoms with Crippen LogP contribution in [-0.4, -0.2) is 45.4 Å². The van der Waals surface area contributed by atoms with Gasteiger partial charge >= 0.3 is 6.09 Å². The van der Waals surface area contributed by atoms with Gasteiger partial charge in [0.2, 0.25) is 0 Å². The molecule has 3 N–H and O–H groups in total. The number of hydrogen-bond donors (Lipinski definition) is 2. The van der Waals surface area contributed by atoms with Crippen LogP contribution >= 0.6 is 0 Å². The van der Waals surface area contributed by atoms with E-state index in [1.807, 2.05) is 26.8 Å². The molecular weight excluding hydrogens is 320 g/mol. The van der Waals surface area contributed by atoms with Gasteiger partial charge in [0, 0.05) is 24.7 Å². The van der Waals surface area contributed by atoms with Crippen LogP contribution in [0.5, 0.6) is 0 Å². The molecule has 3 heterocycles. The average molecular weight is 346 g/mol. The second kappa shape index (κ2) is 6.42. The lowest BCUT2D eigenvalue weighted by Crippen LogP contribution is -2.40. The number of hydrogen-bond acceptors (Lipinski definition) is 6. The number of aromatic nitrogens is 3. The summed E-state index contributed by atoms with van der Waals surface area (Å²) in [4.78, 5) is 18.8. The van der Waals surface area contributed by atoms with Crippen molar-refractivity contribution < 1.29 is 9.53 Å². The van der Waals surface area contributed by atoms with E-state index >= 15 is 0 Å². The zero-order valence-corrected chi connectivity index (χ0v) is 15.2. The second-order valence-corrected chi connectivity index (χ2v) is 7.38. The van der Waals surface area contributed by atoms with E-state index in [1.54, 1.807) is 10.7 Å². The largest absolute Gasteiger partial charge is 0.444 e. The average Bonchev–Trinajstić information content (AvgIpc) is 3.11. The molecule has 0 saturated carbocycles. The number of fused-ring (bicyclic) bond motifs is 1. The number of ether oxygens (including phenoxy) is 1. The number of rotatable bonds is 3. The van der Waals surface area contributed by atoms with Crippen LogP contribution < -0.4 is 16.0 Å². The molecule has 3 rings (SSSR count). The topological polar surface area (TPSA) is 97.8 Å². The van der Waals surface area contributed by atoms with E-state index in [2.05, 4.69) is 22.2 Å². The SMILES string of the molecule is CCc1cnn2c(N)cc(N3CC[C@H](NC(=O)OC(C)(C)C)C3)nc12. The molecule has 136 valence electrons. The molecule has 0 radical (unpaired) electrons. The molecule has 25 heavy (non-hydrogen) atoms. The highest BCUT2D eigenvalue weighted by atomic mass is 16.6. The summed E-state index contributed by atoms with van der Waals surface area (Å²) in [7, 11) is 0. The maximum atomic E-state index is 11.9. The van der Waals surface area contributed by atoms with Gasteiger partial charge in [-0.2, -0.15) is 9.61 Å². The lowest BCUT2D eigenvalue weighted by atomic mass is 10.2. The molecule has 0 spiro atoms. The van der Waals surface area contributed by atoms with Crippen molar-refractivity contribution in [1.29, 1.82) is 0 Å². The maximum absolute atomic E-state index is 11.9. The number of nitrogens with two attached hydrogens (primary N) is 1. The first-order chi connectivity index (χ1) is 11.8. The summed E-state index contributed by atoms with van der Waals surface area (Å²) in [5.74, 6) is 1.37. The fraction of sp³-hybridized carbons (Fsp3) is 0.588. The number of anilines is 2. The standard InChI is InChI=1S/C17H26N6O2/c1-5-11-9-19-23-13(18)8-14(21-15(11)23)22-7-6-12(10-22)20-16(24)25-17(2,3)4/h8-9,12H,5-7,10,18H2,1-4H3,(H,20,24)/t12-/m0/s1. The zero-order valence-electron chi connectivity index (χ0n) is 15.2. The van der Waals surface area contributed by atoms with Crippen molar-refractivity contribution >= 4 is 23.4 Å². The summed E-state index contributed by atoms with van der Waals surface area (Å²) in [6, 6.07) is 1.86. The Morgan fingerprint density at radius 1 is 1.48 bits per heavy atom. The van der Waals surface area contributed by atoms with E-state index in [0.29, 0.717) is 12.4 Å². The predicted octanol–water partition coefficient (Wildman–Crippen LogP) is 1.98. The normalized spacial score (nSPS) is 17.9. The van der Waals surface area contributed by atoms with E-state index < -0.39 is 5.60 Å². The molecule has 0 bridgehead atoms. The zero-order chi connectivity index (χ0) is 18.2. The van der Waals surface area contributed by atoms with Crippen molar-refractivity contribution in [1.82, 2.24) is 19.9 Å². The fourth-order valence-electron chi connectivity index (χ4n) is 2.99. The van der Waals surface area contributed by atoms with Gasteiger partial charge in [-0.3, -0.25) is 0 Å². The van der Waals surface area contributed by atoms with Crippen molar-refractivity contribution in [2.45, 2.75) is 52.2 Å². The lowest BCUT2D eigenvalue weighted by Gasteiger charge is -2.22. The molecule has 1 aliphatic rings. The van der Waals surface area contributed by atoms with Crippen LogP contribution in [0.2, 0.25) is 0 Å². The molecular formula is C17H26N6O2. The lowest BCUT2D eigenvalue weighted by molar-refractivity contribution is 0.0509. The quantitative estimate of drug-likeness (QED) is 0.882. The molecule has 1 amide bonds. The van der Waals surface area contributed by atoms with Crippen molar-refractivity contribution in [2.75, 3.05) is 23.7 Å². The first-order valence-corrected chi connectivity index (χ1v) is 8.64. The molecule has 1 aliphatic heterocycles. The highest BCUT2D eigenvalue weighted by Crippen LogP contribution is 2.23. The van der Waals surface area contributed by atoms with Crippen LogP contribution in [-0.2, 0) is 11.2 Å². The number of nitrogens with zero attached hydrogens (tertiary/aromatic N) is 4. The van der Waals surface area contributed by atoms with Crippen LogP contribution in [0.15, 0.2) is 12.3 Å². The van der Waals surface area contributed by atoms with Gasteiger partial charge in [0.05, 0.1) is 12.2 Å². The van der Waals surface area contributed by atoms with Gasteiger partial charge in [0.1, 0.15) is 17.2 Å². The van der Waals surface area contributed by atoms with Crippen molar-refractivity contribution in [3.05, 3.63) is 17.8 Å². The van der Waals surface area contributed by atoms with Gasteiger partial charge < -0.3 is 20.7 Å². The van der Waals surface area contributed by atoms with Crippen molar-refractivity contribution in [2.24, 2.45) is 0 Å². The van der Waals surface area contributed by atoms with Crippen LogP contribution in [0.4, 0.5) is 16.4 Å². The highest BCUT2D eigenvalue weighted by molar-refractivity contribution is 5.68. The minimum absolute atomic E-state index is 0.0321. The molecule has 0 unspecified atom stereocenters. The van der Waals surface area contributed by atoms with E-state index in [9.17, 15) is 4.79 Å². The minimum Gasteiger partial charge on any atom is -0.444 e. The Labute approximate surface area is 147 Å². The van der Waals surface area contributed by atoms with Gasteiger partial charge in [0.15, 0.2) is 5.65 Å². The van der Waals surface area contributed by atoms with Gasteiger partial charge in [-0.15, -0.1) is 0 Å². The molecule has 8 nitrogen and oxygen atoms in total. The number of carbonyl (C=O) groups is 1. The number of carbonyl (C=O) groups excluding carboxylic acids is 1. The summed E-state index contributed by atoms with van der Waals surface area (Å²) in [5.41, 5.74) is 7.48. The molecule has 1 atom stereocenters. The Morgan fingerprint density at radius 2 is 2.24 bits per heavy atom. The van der Waals surface area contributed by atoms with Crippen LogP contribution in [0.25, 0.3) is 5.65 Å². The number of aryl methyl sites for hydroxylation is 1. The minimum atomic E-state index is -0.498. The third-order valence-corrected chi connectivity index (χ3v) is 4.17. The number of nitrogens with one attached hydrogen (secondary N) is 1. The molecule has 8 heteroatoms. The first-order valence-electron chi connectivity index (χ1n) is 8.64. The van der Waals surface area contributed by atoms with E-state index in [4.69, 9.17) is 15.5 Å². The summed E-state index contributed by atoms with van der Waals surface area (Å²) in [6.07, 6.45) is 3.11. The molecule has 2 aromatic rings. The summed E-state index contributed by atoms with van der Waals surface area (Å²) in [6.45, 7) is 9.11. The summed E-state index contributed by atoms with van der Waals surface area (Å²) in [5, 5.41) is 7.21. The van der Waals surface area contributed by atoms with Crippen LogP contribution in [0, 0.1) is 0 Å². The molecule has 1 saturated heterocycles. The Bertz CT molecular complexity index is 779. The van der Waals surface area contributed by atoms with Crippen LogP contribution in [0.3, 0.4) is 0 Å². The summed E-state index contributed by atoms with van der Waals surface area (Å²) < 4.78 is 6.98. The van der Waals surface area contributed by atoms with Gasteiger partial charge in [-0.25, -0.2) is 9.78 Å². The Balaban J connectivity index is 1.71. The van der Waals surface area contributed by atoms with Crippen LogP contribution in [0.1, 0.15) is 39.7 Å². The summed E-state index contributed by atoms with van der Waals surface area (Å²) >= 11 is 0. The third-order valence-electron chi connectivity index (χ3n) is 4.17. The fourth-order valence-corrected chi connectivity index (χ4v) is 2.99. The Hall–Kier alpha value is -2.51. The van der Waals surface area contributed by atoms with Gasteiger partial charge in [-0.05, 0) is 33.6 Å². The van der Waals surface area contributed by atoms with Gasteiger partial charge in [-0.1, -0.05) is 6.92 Å². The van der Waals surface area contributed by atoms with Crippen molar-refractivity contribution in [3.8, 4) is 0 Å². The number of amides is 1. The highest BCUT2D eigenvalue weighted by Gasteiger charge is 2.27. The molecule has 0 aliphatic carbocycles. The van der Waals surface area contributed by atoms with E-state index in [0.717, 1.165) is 36.4 Å². The molecule has 0 aromatic carbocycles. The Kier molecular flexibility index (Phi) is 4.45. The molecule has 2 aromatic heterocycles. The predicted molar refractivity (Wildman–Crippen MR) is 96.8 cm³/mol.